The fourth-order valence-corrected chi connectivity index (χ4v) is 1.75. The molecule has 15 heavy (non-hydrogen) atoms. The van der Waals surface area contributed by atoms with E-state index in [1.54, 1.807) is 0 Å². The van der Waals surface area contributed by atoms with E-state index in [9.17, 15) is 0 Å². The summed E-state index contributed by atoms with van der Waals surface area (Å²) in [6.45, 7) is 3.26. The van der Waals surface area contributed by atoms with Gasteiger partial charge in [0.15, 0.2) is 0 Å². The second kappa shape index (κ2) is 6.83. The van der Waals surface area contributed by atoms with E-state index in [0.29, 0.717) is 6.04 Å². The van der Waals surface area contributed by atoms with Gasteiger partial charge in [0.05, 0.1) is 0 Å². The molecule has 0 saturated heterocycles. The van der Waals surface area contributed by atoms with Gasteiger partial charge >= 0.3 is 0 Å². The number of hydrogen-bond acceptors (Lipinski definition) is 2. The highest BCUT2D eigenvalue weighted by Gasteiger charge is 2.08. The number of benzene rings is 1. The Labute approximate surface area is 96.3 Å². The molecule has 0 aliphatic rings. The van der Waals surface area contributed by atoms with Gasteiger partial charge in [-0.2, -0.15) is 0 Å². The molecule has 0 radical (unpaired) electrons. The maximum atomic E-state index is 8.83. The Kier molecular flexibility index (Phi) is 5.69. The van der Waals surface area contributed by atoms with Gasteiger partial charge < -0.3 is 10.4 Å². The average molecular weight is 228 g/mol. The van der Waals surface area contributed by atoms with Crippen molar-refractivity contribution in [2.75, 3.05) is 13.2 Å². The van der Waals surface area contributed by atoms with Crippen LogP contribution in [0.2, 0.25) is 5.02 Å². The average Bonchev–Trinajstić information content (AvgIpc) is 2.25. The fourth-order valence-electron chi connectivity index (χ4n) is 1.62. The summed E-state index contributed by atoms with van der Waals surface area (Å²) in [7, 11) is 0. The van der Waals surface area contributed by atoms with Gasteiger partial charge in [0.25, 0.3) is 0 Å². The summed E-state index contributed by atoms with van der Waals surface area (Å²) in [5, 5.41) is 13.0. The van der Waals surface area contributed by atoms with Crippen LogP contribution in [0.1, 0.15) is 31.4 Å². The molecule has 2 nitrogen and oxygen atoms in total. The normalized spacial score (nSPS) is 12.7. The number of aliphatic hydroxyl groups is 1. The Balaban J connectivity index is 2.65. The highest BCUT2D eigenvalue weighted by atomic mass is 35.5. The van der Waals surface area contributed by atoms with Crippen molar-refractivity contribution in [1.82, 2.24) is 5.32 Å². The predicted molar refractivity (Wildman–Crippen MR) is 64.2 cm³/mol. The van der Waals surface area contributed by atoms with Crippen LogP contribution in [0.5, 0.6) is 0 Å². The smallest absolute Gasteiger partial charge is 0.0431 e. The van der Waals surface area contributed by atoms with E-state index in [4.69, 9.17) is 16.7 Å². The van der Waals surface area contributed by atoms with Crippen molar-refractivity contribution < 1.29 is 5.11 Å². The van der Waals surface area contributed by atoms with Crippen LogP contribution in [-0.2, 0) is 0 Å². The molecular weight excluding hydrogens is 210 g/mol. The van der Waals surface area contributed by atoms with Gasteiger partial charge in [-0.25, -0.2) is 0 Å². The monoisotopic (exact) mass is 227 g/mol. The van der Waals surface area contributed by atoms with E-state index in [1.165, 1.54) is 5.56 Å². The van der Waals surface area contributed by atoms with E-state index in [1.807, 2.05) is 24.3 Å². The first-order chi connectivity index (χ1) is 7.27. The first-order valence-corrected chi connectivity index (χ1v) is 5.75. The summed E-state index contributed by atoms with van der Waals surface area (Å²) >= 11 is 5.84. The van der Waals surface area contributed by atoms with Crippen molar-refractivity contribution in [3.8, 4) is 0 Å². The molecule has 0 aliphatic carbocycles. The molecule has 0 aliphatic heterocycles. The summed E-state index contributed by atoms with van der Waals surface area (Å²) in [5.41, 5.74) is 1.23. The zero-order valence-electron chi connectivity index (χ0n) is 9.04. The summed E-state index contributed by atoms with van der Waals surface area (Å²) in [4.78, 5) is 0. The Morgan fingerprint density at radius 3 is 2.53 bits per heavy atom. The maximum Gasteiger partial charge on any atom is 0.0431 e. The van der Waals surface area contributed by atoms with Crippen LogP contribution in [-0.4, -0.2) is 18.3 Å². The Morgan fingerprint density at radius 2 is 2.00 bits per heavy atom. The number of aliphatic hydroxyl groups excluding tert-OH is 1. The topological polar surface area (TPSA) is 32.3 Å². The summed E-state index contributed by atoms with van der Waals surface area (Å²) in [6, 6.07) is 8.19. The van der Waals surface area contributed by atoms with Crippen LogP contribution >= 0.6 is 11.6 Å². The molecule has 1 aromatic rings. The van der Waals surface area contributed by atoms with Crippen molar-refractivity contribution in [3.05, 3.63) is 34.9 Å². The molecule has 2 N–H and O–H groups in total. The summed E-state index contributed by atoms with van der Waals surface area (Å²) in [5.74, 6) is 0. The van der Waals surface area contributed by atoms with Crippen LogP contribution in [0.25, 0.3) is 0 Å². The molecule has 0 fully saturated rings. The molecule has 84 valence electrons. The van der Waals surface area contributed by atoms with E-state index in [0.717, 1.165) is 24.4 Å². The third-order valence-electron chi connectivity index (χ3n) is 2.37. The number of rotatable bonds is 6. The van der Waals surface area contributed by atoms with Gasteiger partial charge in [0.1, 0.15) is 0 Å². The molecule has 1 rings (SSSR count). The third-order valence-corrected chi connectivity index (χ3v) is 2.63. The van der Waals surface area contributed by atoms with E-state index >= 15 is 0 Å². The van der Waals surface area contributed by atoms with Crippen molar-refractivity contribution in [3.63, 3.8) is 0 Å². The molecule has 1 unspecified atom stereocenters. The predicted octanol–water partition coefficient (Wildman–Crippen LogP) is 2.76. The van der Waals surface area contributed by atoms with Crippen LogP contribution in [0.15, 0.2) is 24.3 Å². The second-order valence-electron chi connectivity index (χ2n) is 3.53. The lowest BCUT2D eigenvalue weighted by atomic mass is 10.0. The lowest BCUT2D eigenvalue weighted by Gasteiger charge is -2.17. The van der Waals surface area contributed by atoms with Gasteiger partial charge in [0.2, 0.25) is 0 Å². The van der Waals surface area contributed by atoms with Gasteiger partial charge in [0, 0.05) is 17.7 Å². The summed E-state index contributed by atoms with van der Waals surface area (Å²) in [6.07, 6.45) is 1.77. The quantitative estimate of drug-likeness (QED) is 0.784. The van der Waals surface area contributed by atoms with Gasteiger partial charge in [-0.3, -0.25) is 0 Å². The van der Waals surface area contributed by atoms with Crippen molar-refractivity contribution in [2.24, 2.45) is 0 Å². The fraction of sp³-hybridized carbons (Fsp3) is 0.500. The number of hydrogen-bond donors (Lipinski definition) is 2. The number of nitrogens with one attached hydrogen (secondary N) is 1. The molecule has 0 spiro atoms. The van der Waals surface area contributed by atoms with Gasteiger partial charge in [-0.05, 0) is 37.1 Å². The third kappa shape index (κ3) is 4.20. The Bertz CT molecular complexity index is 273. The summed E-state index contributed by atoms with van der Waals surface area (Å²) < 4.78 is 0. The SMILES string of the molecule is CCNC(CCCO)c1ccc(Cl)cc1. The van der Waals surface area contributed by atoms with Crippen molar-refractivity contribution in [1.29, 1.82) is 0 Å². The first kappa shape index (κ1) is 12.5. The van der Waals surface area contributed by atoms with Crippen molar-refractivity contribution in [2.45, 2.75) is 25.8 Å². The van der Waals surface area contributed by atoms with Crippen LogP contribution in [0.3, 0.4) is 0 Å². The Morgan fingerprint density at radius 1 is 1.33 bits per heavy atom. The maximum absolute atomic E-state index is 8.83. The molecule has 0 amide bonds. The zero-order chi connectivity index (χ0) is 11.1. The minimum Gasteiger partial charge on any atom is -0.396 e. The molecule has 1 atom stereocenters. The van der Waals surface area contributed by atoms with Crippen LogP contribution < -0.4 is 5.32 Å². The largest absolute Gasteiger partial charge is 0.396 e. The zero-order valence-corrected chi connectivity index (χ0v) is 9.80. The lowest BCUT2D eigenvalue weighted by molar-refractivity contribution is 0.275. The van der Waals surface area contributed by atoms with Crippen LogP contribution in [0, 0.1) is 0 Å². The molecule has 0 heterocycles. The minimum absolute atomic E-state index is 0.246. The lowest BCUT2D eigenvalue weighted by Crippen LogP contribution is -2.21. The first-order valence-electron chi connectivity index (χ1n) is 5.37. The molecule has 0 saturated carbocycles. The molecule has 0 aromatic heterocycles. The molecule has 1 aromatic carbocycles. The molecular formula is C12H18ClNO. The minimum atomic E-state index is 0.246. The van der Waals surface area contributed by atoms with Crippen LogP contribution in [0.4, 0.5) is 0 Å². The second-order valence-corrected chi connectivity index (χ2v) is 3.96. The highest BCUT2D eigenvalue weighted by molar-refractivity contribution is 6.30. The Hall–Kier alpha value is -0.570. The molecule has 0 bridgehead atoms. The van der Waals surface area contributed by atoms with E-state index in [-0.39, 0.29) is 6.61 Å². The van der Waals surface area contributed by atoms with E-state index in [2.05, 4.69) is 12.2 Å². The van der Waals surface area contributed by atoms with Gasteiger partial charge in [-0.1, -0.05) is 30.7 Å². The highest BCUT2D eigenvalue weighted by Crippen LogP contribution is 2.20. The number of halogens is 1. The molecule has 3 heteroatoms. The van der Waals surface area contributed by atoms with Crippen molar-refractivity contribution >= 4 is 11.6 Å². The van der Waals surface area contributed by atoms with E-state index < -0.39 is 0 Å². The van der Waals surface area contributed by atoms with Gasteiger partial charge in [-0.15, -0.1) is 0 Å². The standard InChI is InChI=1S/C12H18ClNO/c1-2-14-12(4-3-9-15)10-5-7-11(13)8-6-10/h5-8,12,14-15H,2-4,9H2,1H3.